The van der Waals surface area contributed by atoms with Gasteiger partial charge in [0.25, 0.3) is 0 Å². The first-order valence-corrected chi connectivity index (χ1v) is 9.99. The molecule has 0 unspecified atom stereocenters. The van der Waals surface area contributed by atoms with Crippen LogP contribution in [0.1, 0.15) is 43.5 Å². The maximum Gasteiger partial charge on any atom is 0.347 e. The highest BCUT2D eigenvalue weighted by molar-refractivity contribution is 9.10. The minimum atomic E-state index is -0.865. The van der Waals surface area contributed by atoms with Crippen LogP contribution in [0.15, 0.2) is 31.9 Å². The minimum absolute atomic E-state index is 0.0587. The fourth-order valence-electron chi connectivity index (χ4n) is 2.81. The van der Waals surface area contributed by atoms with Crippen molar-refractivity contribution in [3.05, 3.63) is 38.7 Å². The van der Waals surface area contributed by atoms with Crippen molar-refractivity contribution in [1.29, 1.82) is 0 Å². The number of rotatable bonds is 9. The summed E-state index contributed by atoms with van der Waals surface area (Å²) in [4.78, 5) is 48.9. The van der Waals surface area contributed by atoms with Crippen molar-refractivity contribution in [1.82, 2.24) is 5.32 Å². The Morgan fingerprint density at radius 1 is 1.24 bits per heavy atom. The van der Waals surface area contributed by atoms with E-state index in [-0.39, 0.29) is 48.7 Å². The summed E-state index contributed by atoms with van der Waals surface area (Å²) in [5.41, 5.74) is -0.941. The van der Waals surface area contributed by atoms with Crippen molar-refractivity contribution in [2.45, 2.75) is 33.1 Å². The summed E-state index contributed by atoms with van der Waals surface area (Å²) >= 11 is 3.17. The molecule has 0 radical (unpaired) electrons. The van der Waals surface area contributed by atoms with E-state index in [0.717, 1.165) is 0 Å². The number of ketones is 1. The predicted octanol–water partition coefficient (Wildman–Crippen LogP) is 2.93. The first kappa shape index (κ1) is 22.6. The van der Waals surface area contributed by atoms with Gasteiger partial charge in [-0.3, -0.25) is 14.4 Å². The van der Waals surface area contributed by atoms with Crippen molar-refractivity contribution in [3.8, 4) is 5.75 Å². The van der Waals surface area contributed by atoms with Crippen LogP contribution in [-0.4, -0.2) is 35.9 Å². The monoisotopic (exact) mass is 467 g/mol. The molecule has 1 heterocycles. The number of hydrogen-bond donors (Lipinski definition) is 2. The molecule has 0 spiro atoms. The number of esters is 1. The average Bonchev–Trinajstić information content (AvgIpc) is 2.66. The Bertz CT molecular complexity index is 983. The lowest BCUT2D eigenvalue weighted by Gasteiger charge is -2.14. The van der Waals surface area contributed by atoms with Crippen LogP contribution in [0, 0.1) is 5.92 Å². The zero-order valence-corrected chi connectivity index (χ0v) is 17.7. The van der Waals surface area contributed by atoms with Gasteiger partial charge in [0.2, 0.25) is 5.91 Å². The van der Waals surface area contributed by atoms with Gasteiger partial charge < -0.3 is 19.6 Å². The van der Waals surface area contributed by atoms with E-state index >= 15 is 0 Å². The molecule has 2 aromatic rings. The molecule has 0 bridgehead atoms. The van der Waals surface area contributed by atoms with E-state index in [4.69, 9.17) is 9.15 Å². The van der Waals surface area contributed by atoms with Gasteiger partial charge in [0.15, 0.2) is 5.78 Å². The number of nitrogens with one attached hydrogen (secondary N) is 1. The maximum absolute atomic E-state index is 12.7. The van der Waals surface area contributed by atoms with Crippen LogP contribution in [0.4, 0.5) is 0 Å². The maximum atomic E-state index is 12.7. The van der Waals surface area contributed by atoms with Gasteiger partial charge >= 0.3 is 11.6 Å². The molecule has 156 valence electrons. The lowest BCUT2D eigenvalue weighted by molar-refractivity contribution is -0.148. The summed E-state index contributed by atoms with van der Waals surface area (Å²) in [6.07, 6.45) is -0.106. The molecule has 8 nitrogen and oxygen atoms in total. The largest absolute Gasteiger partial charge is 0.507 e. The highest BCUT2D eigenvalue weighted by atomic mass is 79.9. The van der Waals surface area contributed by atoms with Crippen molar-refractivity contribution in [3.63, 3.8) is 0 Å². The second-order valence-electron chi connectivity index (χ2n) is 6.36. The number of carbonyl (C=O) groups is 3. The third-order valence-corrected chi connectivity index (χ3v) is 4.88. The lowest BCUT2D eigenvalue weighted by Crippen LogP contribution is -2.27. The van der Waals surface area contributed by atoms with Crippen LogP contribution < -0.4 is 10.9 Å². The molecule has 0 aliphatic heterocycles. The van der Waals surface area contributed by atoms with E-state index in [1.54, 1.807) is 13.8 Å². The van der Waals surface area contributed by atoms with Crippen molar-refractivity contribution < 1.29 is 28.6 Å². The number of benzene rings is 1. The van der Waals surface area contributed by atoms with Crippen LogP contribution >= 0.6 is 15.9 Å². The molecule has 0 saturated heterocycles. The first-order valence-electron chi connectivity index (χ1n) is 9.19. The molecule has 1 aromatic carbocycles. The number of Topliss-reactive ketones (excluding diaryl/α,β-unsaturated/α-hetero) is 1. The number of fused-ring (bicyclic) bond motifs is 1. The number of hydrogen-bond acceptors (Lipinski definition) is 7. The second kappa shape index (κ2) is 10.2. The summed E-state index contributed by atoms with van der Waals surface area (Å²) in [6, 6.07) is 4.14. The van der Waals surface area contributed by atoms with Gasteiger partial charge in [-0.15, -0.1) is 0 Å². The van der Waals surface area contributed by atoms with E-state index in [0.29, 0.717) is 16.4 Å². The Hall–Kier alpha value is -2.68. The topological polar surface area (TPSA) is 123 Å². The van der Waals surface area contributed by atoms with Crippen LogP contribution in [0.2, 0.25) is 0 Å². The zero-order chi connectivity index (χ0) is 21.6. The fraction of sp³-hybridized carbons (Fsp3) is 0.400. The Balaban J connectivity index is 2.26. The smallest absolute Gasteiger partial charge is 0.347 e. The van der Waals surface area contributed by atoms with E-state index in [1.807, 2.05) is 0 Å². The number of amides is 1. The summed E-state index contributed by atoms with van der Waals surface area (Å²) in [7, 11) is 0. The first-order chi connectivity index (χ1) is 13.8. The minimum Gasteiger partial charge on any atom is -0.507 e. The average molecular weight is 468 g/mol. The molecule has 1 amide bonds. The zero-order valence-electron chi connectivity index (χ0n) is 16.1. The third kappa shape index (κ3) is 5.90. The molecule has 2 N–H and O–H groups in total. The van der Waals surface area contributed by atoms with Gasteiger partial charge in [0.05, 0.1) is 17.0 Å². The number of halogens is 1. The number of ether oxygens (including phenoxy) is 1. The van der Waals surface area contributed by atoms with Crippen LogP contribution in [0.3, 0.4) is 0 Å². The standard InChI is InChI=1S/C20H22BrNO7/c1-3-22-18(25)6-5-11(19(26)28-4-2)9-15(23)13-7-12-8-14(21)16(24)10-17(12)29-20(13)27/h7-8,10-11,24H,3-6,9H2,1-2H3,(H,22,25)/t11-/m1/s1. The van der Waals surface area contributed by atoms with E-state index < -0.39 is 23.3 Å². The van der Waals surface area contributed by atoms with Gasteiger partial charge in [-0.2, -0.15) is 0 Å². The molecule has 0 saturated carbocycles. The number of phenolic OH excluding ortho intramolecular Hbond substituents is 1. The summed E-state index contributed by atoms with van der Waals surface area (Å²) in [5, 5.41) is 12.8. The van der Waals surface area contributed by atoms with Gasteiger partial charge in [-0.05, 0) is 48.3 Å². The molecule has 0 fully saturated rings. The highest BCUT2D eigenvalue weighted by Gasteiger charge is 2.26. The molecule has 1 atom stereocenters. The summed E-state index contributed by atoms with van der Waals surface area (Å²) < 4.78 is 10.5. The van der Waals surface area contributed by atoms with Crippen molar-refractivity contribution >= 4 is 44.6 Å². The Morgan fingerprint density at radius 3 is 2.62 bits per heavy atom. The van der Waals surface area contributed by atoms with Gasteiger partial charge in [0.1, 0.15) is 16.9 Å². The number of carbonyl (C=O) groups excluding carboxylic acids is 3. The Labute approximate surface area is 175 Å². The molecular formula is C20H22BrNO7. The normalized spacial score (nSPS) is 11.8. The van der Waals surface area contributed by atoms with Gasteiger partial charge in [0, 0.05) is 30.8 Å². The highest BCUT2D eigenvalue weighted by Crippen LogP contribution is 2.29. The predicted molar refractivity (Wildman–Crippen MR) is 109 cm³/mol. The van der Waals surface area contributed by atoms with E-state index in [2.05, 4.69) is 21.2 Å². The number of aromatic hydroxyl groups is 1. The molecule has 9 heteroatoms. The molecular weight excluding hydrogens is 446 g/mol. The Kier molecular flexibility index (Phi) is 7.95. The SMILES string of the molecule is CCNC(=O)CC[C@H](CC(=O)c1cc2cc(Br)c(O)cc2oc1=O)C(=O)OCC. The number of phenols is 1. The van der Waals surface area contributed by atoms with E-state index in [1.165, 1.54) is 18.2 Å². The fourth-order valence-corrected chi connectivity index (χ4v) is 3.17. The summed E-state index contributed by atoms with van der Waals surface area (Å²) in [5.74, 6) is -2.37. The van der Waals surface area contributed by atoms with Gasteiger partial charge in [-0.1, -0.05) is 0 Å². The quantitative estimate of drug-likeness (QED) is 0.330. The van der Waals surface area contributed by atoms with Crippen molar-refractivity contribution in [2.24, 2.45) is 5.92 Å². The van der Waals surface area contributed by atoms with Crippen molar-refractivity contribution in [2.75, 3.05) is 13.2 Å². The van der Waals surface area contributed by atoms with Crippen LogP contribution in [0.25, 0.3) is 11.0 Å². The lowest BCUT2D eigenvalue weighted by atomic mass is 9.94. The van der Waals surface area contributed by atoms with Crippen LogP contribution in [0.5, 0.6) is 5.75 Å². The molecule has 0 aliphatic carbocycles. The van der Waals surface area contributed by atoms with Crippen LogP contribution in [-0.2, 0) is 14.3 Å². The van der Waals surface area contributed by atoms with E-state index in [9.17, 15) is 24.3 Å². The Morgan fingerprint density at radius 2 is 1.97 bits per heavy atom. The third-order valence-electron chi connectivity index (χ3n) is 4.25. The summed E-state index contributed by atoms with van der Waals surface area (Å²) in [6.45, 7) is 4.03. The second-order valence-corrected chi connectivity index (χ2v) is 7.21. The molecule has 0 aliphatic rings. The molecule has 29 heavy (non-hydrogen) atoms. The molecule has 1 aromatic heterocycles. The van der Waals surface area contributed by atoms with Gasteiger partial charge in [-0.25, -0.2) is 4.79 Å². The molecule has 2 rings (SSSR count).